The zero-order valence-electron chi connectivity index (χ0n) is 34.7. The normalized spacial score (nSPS) is 38.2. The second-order valence-electron chi connectivity index (χ2n) is 17.0. The standard InChI is InChI=1S/C43H60N4O10/c1-24-21-42(6,53-18-12-13-29-20-30-14-10-11-15-31(30)45-22-29)38(56-40-36(50)32(46(8)9)19-25(2)54-40)27(4)35(49)28(5)39(51)55-33(23-48)43(7)37-26(3)34(24)44-16-17-47(37)41(52)57-43/h10-15,20,22,24-28,32-33,36-38,40,48,50H,16-19,21,23H2,1-9H3/b13-12+/t24-,25+,26-,27+,28-,32-,33+,36?,37-,38-,40-,42+,43-/m1/s1. The Bertz CT molecular complexity index is 1850. The van der Waals surface area contributed by atoms with Crippen LogP contribution >= 0.6 is 0 Å². The number of carbonyl (C=O) groups excluding carboxylic acids is 3. The first-order valence-electron chi connectivity index (χ1n) is 20.2. The molecule has 0 radical (unpaired) electrons. The van der Waals surface area contributed by atoms with Gasteiger partial charge in [0.15, 0.2) is 23.8 Å². The lowest BCUT2D eigenvalue weighted by Crippen LogP contribution is -2.60. The number of likely N-dealkylation sites (N-methyl/N-ethyl adjacent to an activating group) is 1. The average Bonchev–Trinajstić information content (AvgIpc) is 3.30. The van der Waals surface area contributed by atoms with Crippen molar-refractivity contribution in [3.63, 3.8) is 0 Å². The van der Waals surface area contributed by atoms with Gasteiger partial charge in [-0.15, -0.1) is 0 Å². The molecule has 0 saturated carbocycles. The van der Waals surface area contributed by atoms with Gasteiger partial charge in [0.25, 0.3) is 0 Å². The third-order valence-electron chi connectivity index (χ3n) is 12.6. The topological polar surface area (TPSA) is 170 Å². The van der Waals surface area contributed by atoms with Gasteiger partial charge in [0, 0.05) is 41.7 Å². The minimum Gasteiger partial charge on any atom is -0.455 e. The number of benzene rings is 1. The highest BCUT2D eigenvalue weighted by Gasteiger charge is 2.61. The van der Waals surface area contributed by atoms with Crippen LogP contribution in [0, 0.1) is 23.7 Å². The average molecular weight is 793 g/mol. The molecule has 3 fully saturated rings. The fraction of sp³-hybridized carbons (Fsp3) is 0.651. The van der Waals surface area contributed by atoms with Gasteiger partial charge in [-0.1, -0.05) is 51.1 Å². The zero-order chi connectivity index (χ0) is 41.4. The second-order valence-corrected chi connectivity index (χ2v) is 17.0. The number of ether oxygens (including phenoxy) is 5. The lowest BCUT2D eigenvalue weighted by atomic mass is 9.73. The van der Waals surface area contributed by atoms with Gasteiger partial charge in [-0.05, 0) is 78.2 Å². The van der Waals surface area contributed by atoms with Crippen molar-refractivity contribution in [3.8, 4) is 0 Å². The van der Waals surface area contributed by atoms with Gasteiger partial charge in [-0.25, -0.2) is 4.79 Å². The molecular formula is C43H60N4O10. The Hall–Kier alpha value is -3.79. The summed E-state index contributed by atoms with van der Waals surface area (Å²) in [6.45, 7) is 12.7. The number of carbonyl (C=O) groups is 3. The molecule has 3 saturated heterocycles. The predicted octanol–water partition coefficient (Wildman–Crippen LogP) is 4.29. The Morgan fingerprint density at radius 2 is 1.81 bits per heavy atom. The van der Waals surface area contributed by atoms with Crippen LogP contribution in [-0.2, 0) is 33.3 Å². The summed E-state index contributed by atoms with van der Waals surface area (Å²) in [5.74, 6) is -4.30. The molecule has 14 nitrogen and oxygen atoms in total. The van der Waals surface area contributed by atoms with Crippen molar-refractivity contribution < 1.29 is 48.3 Å². The monoisotopic (exact) mass is 792 g/mol. The van der Waals surface area contributed by atoms with Crippen molar-refractivity contribution in [2.75, 3.05) is 40.4 Å². The zero-order valence-corrected chi connectivity index (χ0v) is 34.7. The van der Waals surface area contributed by atoms with E-state index in [4.69, 9.17) is 28.7 Å². The van der Waals surface area contributed by atoms with Gasteiger partial charge in [0.2, 0.25) is 0 Å². The van der Waals surface area contributed by atoms with E-state index in [2.05, 4.69) is 4.98 Å². The van der Waals surface area contributed by atoms with E-state index in [1.165, 1.54) is 6.92 Å². The number of hydrogen-bond acceptors (Lipinski definition) is 13. The van der Waals surface area contributed by atoms with Crippen LogP contribution in [0.15, 0.2) is 47.6 Å². The number of Topliss-reactive ketones (excluding diaryl/α,β-unsaturated/α-hetero) is 1. The summed E-state index contributed by atoms with van der Waals surface area (Å²) in [5, 5.41) is 23.3. The third kappa shape index (κ3) is 8.53. The number of pyridine rings is 1. The number of aliphatic imine (C=N–C) groups is 1. The maximum Gasteiger partial charge on any atom is 0.411 e. The number of esters is 1. The minimum absolute atomic E-state index is 0.121. The SMILES string of the molecule is C[C@H]1C(=O)O[C@@H](CO)[C@@]2(C)OC(=O)N3CCN=C([C@H](C)C[C@](C)(OC/C=C/c4cnc5ccccc5c4)[C@H](O[C@H]4O[C@@H](C)C[C@@H](N(C)C)C4O)[C@@H](C)C1=O)[C@@H](C)[C@@H]32. The van der Waals surface area contributed by atoms with Crippen molar-refractivity contribution in [1.29, 1.82) is 0 Å². The number of ketones is 1. The van der Waals surface area contributed by atoms with E-state index < -0.39 is 78.1 Å². The first-order valence-corrected chi connectivity index (χ1v) is 20.2. The molecular weight excluding hydrogens is 732 g/mol. The summed E-state index contributed by atoms with van der Waals surface area (Å²) in [5.41, 5.74) is -0.107. The molecule has 14 heteroatoms. The van der Waals surface area contributed by atoms with Gasteiger partial charge in [-0.2, -0.15) is 0 Å². The molecule has 312 valence electrons. The Kier molecular flexibility index (Phi) is 12.9. The molecule has 1 unspecified atom stereocenters. The molecule has 1 aromatic heterocycles. The van der Waals surface area contributed by atoms with E-state index in [0.717, 1.165) is 22.2 Å². The van der Waals surface area contributed by atoms with E-state index in [1.54, 1.807) is 24.9 Å². The van der Waals surface area contributed by atoms with Crippen LogP contribution in [0.5, 0.6) is 0 Å². The number of aliphatic hydroxyl groups excluding tert-OH is 2. The number of nitrogens with zero attached hydrogens (tertiary/aromatic N) is 4. The number of aliphatic hydroxyl groups is 2. The highest BCUT2D eigenvalue weighted by atomic mass is 16.7. The molecule has 2 N–H and O–H groups in total. The maximum absolute atomic E-state index is 14.5. The molecule has 6 rings (SSSR count). The molecule has 4 aliphatic rings. The molecule has 1 amide bonds. The van der Waals surface area contributed by atoms with Gasteiger partial charge >= 0.3 is 12.1 Å². The fourth-order valence-electron chi connectivity index (χ4n) is 9.58. The summed E-state index contributed by atoms with van der Waals surface area (Å²) in [6.07, 6.45) is 1.16. The van der Waals surface area contributed by atoms with Crippen LogP contribution < -0.4 is 0 Å². The number of cyclic esters (lactones) is 1. The molecule has 0 aliphatic carbocycles. The fourth-order valence-corrected chi connectivity index (χ4v) is 9.58. The van der Waals surface area contributed by atoms with Gasteiger partial charge in [-0.3, -0.25) is 24.5 Å². The first kappa shape index (κ1) is 42.8. The highest BCUT2D eigenvalue weighted by molar-refractivity contribution is 6.00. The van der Waals surface area contributed by atoms with Crippen molar-refractivity contribution in [1.82, 2.24) is 14.8 Å². The van der Waals surface area contributed by atoms with Crippen LogP contribution in [0.2, 0.25) is 0 Å². The lowest BCUT2D eigenvalue weighted by Gasteiger charge is -2.47. The van der Waals surface area contributed by atoms with Crippen LogP contribution in [-0.4, -0.2) is 143 Å². The largest absolute Gasteiger partial charge is 0.455 e. The van der Waals surface area contributed by atoms with Gasteiger partial charge in [0.1, 0.15) is 12.0 Å². The Morgan fingerprint density at radius 3 is 2.53 bits per heavy atom. The molecule has 0 spiro atoms. The minimum atomic E-state index is -1.44. The lowest BCUT2D eigenvalue weighted by molar-refractivity contribution is -0.296. The van der Waals surface area contributed by atoms with Crippen LogP contribution in [0.25, 0.3) is 17.0 Å². The Balaban J connectivity index is 1.42. The smallest absolute Gasteiger partial charge is 0.411 e. The Morgan fingerprint density at radius 1 is 1.07 bits per heavy atom. The third-order valence-corrected chi connectivity index (χ3v) is 12.6. The number of rotatable bonds is 8. The molecule has 1 aromatic carbocycles. The molecule has 2 aromatic rings. The number of para-hydroxylation sites is 1. The van der Waals surface area contributed by atoms with E-state index in [0.29, 0.717) is 19.4 Å². The van der Waals surface area contributed by atoms with E-state index in [-0.39, 0.29) is 37.1 Å². The Labute approximate surface area is 335 Å². The van der Waals surface area contributed by atoms with E-state index in [1.807, 2.05) is 89.2 Å². The summed E-state index contributed by atoms with van der Waals surface area (Å²) >= 11 is 0. The van der Waals surface area contributed by atoms with E-state index in [9.17, 15) is 24.6 Å². The number of fused-ring (bicyclic) bond motifs is 2. The van der Waals surface area contributed by atoms with Crippen LogP contribution in [0.3, 0.4) is 0 Å². The van der Waals surface area contributed by atoms with Gasteiger partial charge in [0.05, 0.1) is 49.1 Å². The molecule has 13 atom stereocenters. The van der Waals surface area contributed by atoms with Crippen molar-refractivity contribution in [2.24, 2.45) is 28.7 Å². The first-order chi connectivity index (χ1) is 27.0. The second kappa shape index (κ2) is 17.2. The van der Waals surface area contributed by atoms with Crippen LogP contribution in [0.4, 0.5) is 4.79 Å². The number of hydrogen-bond donors (Lipinski definition) is 2. The van der Waals surface area contributed by atoms with Crippen molar-refractivity contribution in [2.45, 2.75) is 115 Å². The maximum atomic E-state index is 14.5. The summed E-state index contributed by atoms with van der Waals surface area (Å²) < 4.78 is 31.9. The van der Waals surface area contributed by atoms with E-state index >= 15 is 0 Å². The molecule has 4 aliphatic heterocycles. The quantitative estimate of drug-likeness (QED) is 0.288. The number of aromatic nitrogens is 1. The molecule has 57 heavy (non-hydrogen) atoms. The summed E-state index contributed by atoms with van der Waals surface area (Å²) in [4.78, 5) is 54.9. The number of amides is 1. The molecule has 2 bridgehead atoms. The highest BCUT2D eigenvalue weighted by Crippen LogP contribution is 2.43. The van der Waals surface area contributed by atoms with Gasteiger partial charge < -0.3 is 38.8 Å². The van der Waals surface area contributed by atoms with Crippen LogP contribution in [0.1, 0.15) is 66.9 Å². The predicted molar refractivity (Wildman–Crippen MR) is 213 cm³/mol. The van der Waals surface area contributed by atoms with Crippen molar-refractivity contribution in [3.05, 3.63) is 48.2 Å². The summed E-state index contributed by atoms with van der Waals surface area (Å²) in [7, 11) is 3.78. The molecule has 5 heterocycles. The van der Waals surface area contributed by atoms with Crippen molar-refractivity contribution >= 4 is 40.5 Å². The summed E-state index contributed by atoms with van der Waals surface area (Å²) in [6, 6.07) is 8.99.